The van der Waals surface area contributed by atoms with Gasteiger partial charge in [0.25, 0.3) is 0 Å². The number of aliphatic carboxylic acids is 1. The Bertz CT molecular complexity index is 396. The van der Waals surface area contributed by atoms with Gasteiger partial charge in [-0.2, -0.15) is 0 Å². The molecule has 0 amide bonds. The summed E-state index contributed by atoms with van der Waals surface area (Å²) >= 11 is 0. The van der Waals surface area contributed by atoms with E-state index < -0.39 is 12.0 Å². The Labute approximate surface area is 98.6 Å². The average Bonchev–Trinajstić information content (AvgIpc) is 2.62. The molecule has 0 saturated heterocycles. The molecule has 1 aromatic rings. The molecule has 0 saturated carbocycles. The largest absolute Gasteiger partial charge is 0.481 e. The fourth-order valence-electron chi connectivity index (χ4n) is 1.45. The lowest BCUT2D eigenvalue weighted by Gasteiger charge is -2.09. The number of hydrogen-bond donors (Lipinski definition) is 2. The van der Waals surface area contributed by atoms with Crippen molar-refractivity contribution in [3.63, 3.8) is 0 Å². The molecular formula is C10H12ClNO4. The van der Waals surface area contributed by atoms with Gasteiger partial charge in [-0.25, -0.2) is 0 Å². The Hall–Kier alpha value is -1.46. The van der Waals surface area contributed by atoms with Gasteiger partial charge in [0, 0.05) is 6.04 Å². The van der Waals surface area contributed by atoms with Gasteiger partial charge in [0.05, 0.1) is 6.42 Å². The van der Waals surface area contributed by atoms with Gasteiger partial charge in [0.15, 0.2) is 11.5 Å². The molecule has 16 heavy (non-hydrogen) atoms. The summed E-state index contributed by atoms with van der Waals surface area (Å²) in [4.78, 5) is 10.5. The minimum absolute atomic E-state index is 0. The first-order valence-corrected chi connectivity index (χ1v) is 4.54. The van der Waals surface area contributed by atoms with E-state index in [4.69, 9.17) is 20.3 Å². The maximum absolute atomic E-state index is 10.5. The number of carbonyl (C=O) groups is 1. The lowest BCUT2D eigenvalue weighted by atomic mass is 10.0. The number of nitrogens with two attached hydrogens (primary N) is 1. The summed E-state index contributed by atoms with van der Waals surface area (Å²) in [5.74, 6) is 0.370. The SMILES string of the molecule is Cl.NC(CC(=O)O)c1ccc2c(c1)OCO2. The number of carboxylic acid groups (broad SMARTS) is 1. The van der Waals surface area contributed by atoms with Gasteiger partial charge in [-0.15, -0.1) is 12.4 Å². The first-order chi connectivity index (χ1) is 7.16. The average molecular weight is 246 g/mol. The van der Waals surface area contributed by atoms with Crippen molar-refractivity contribution in [3.8, 4) is 11.5 Å². The van der Waals surface area contributed by atoms with Crippen molar-refractivity contribution in [3.05, 3.63) is 23.8 Å². The van der Waals surface area contributed by atoms with Crippen molar-refractivity contribution in [2.45, 2.75) is 12.5 Å². The normalized spacial score (nSPS) is 14.1. The molecule has 0 spiro atoms. The third kappa shape index (κ3) is 2.56. The van der Waals surface area contributed by atoms with Crippen LogP contribution >= 0.6 is 12.4 Å². The molecule has 3 N–H and O–H groups in total. The van der Waals surface area contributed by atoms with Crippen LogP contribution < -0.4 is 15.2 Å². The zero-order valence-electron chi connectivity index (χ0n) is 8.38. The van der Waals surface area contributed by atoms with Crippen LogP contribution in [-0.4, -0.2) is 17.9 Å². The number of halogens is 1. The molecule has 5 nitrogen and oxygen atoms in total. The van der Waals surface area contributed by atoms with Crippen molar-refractivity contribution in [1.29, 1.82) is 0 Å². The molecule has 1 aliphatic rings. The van der Waals surface area contributed by atoms with Crippen LogP contribution in [0.25, 0.3) is 0 Å². The van der Waals surface area contributed by atoms with Gasteiger partial charge in [-0.3, -0.25) is 4.79 Å². The Morgan fingerprint density at radius 3 is 2.81 bits per heavy atom. The molecule has 88 valence electrons. The Balaban J connectivity index is 0.00000128. The Morgan fingerprint density at radius 1 is 1.44 bits per heavy atom. The summed E-state index contributed by atoms with van der Waals surface area (Å²) in [6.45, 7) is 0.201. The zero-order valence-corrected chi connectivity index (χ0v) is 9.20. The molecule has 6 heteroatoms. The summed E-state index contributed by atoms with van der Waals surface area (Å²) < 4.78 is 10.3. The predicted molar refractivity (Wildman–Crippen MR) is 59.0 cm³/mol. The van der Waals surface area contributed by atoms with E-state index in [1.54, 1.807) is 18.2 Å². The molecule has 1 atom stereocenters. The van der Waals surface area contributed by atoms with Crippen molar-refractivity contribution in [2.24, 2.45) is 5.73 Å². The molecule has 0 fully saturated rings. The standard InChI is InChI=1S/C10H11NO4.ClH/c11-7(4-10(12)13)6-1-2-8-9(3-6)15-5-14-8;/h1-3,7H,4-5,11H2,(H,12,13);1H. The van der Waals surface area contributed by atoms with Crippen LogP contribution in [0.4, 0.5) is 0 Å². The summed E-state index contributed by atoms with van der Waals surface area (Å²) in [6.07, 6.45) is -0.0976. The maximum Gasteiger partial charge on any atom is 0.305 e. The number of hydrogen-bond acceptors (Lipinski definition) is 4. The van der Waals surface area contributed by atoms with Gasteiger partial charge in [0.1, 0.15) is 0 Å². The second-order valence-electron chi connectivity index (χ2n) is 3.32. The van der Waals surface area contributed by atoms with E-state index in [-0.39, 0.29) is 25.6 Å². The van der Waals surface area contributed by atoms with E-state index in [9.17, 15) is 4.79 Å². The zero-order chi connectivity index (χ0) is 10.8. The van der Waals surface area contributed by atoms with E-state index in [1.165, 1.54) is 0 Å². The highest BCUT2D eigenvalue weighted by atomic mass is 35.5. The van der Waals surface area contributed by atoms with Gasteiger partial charge in [0.2, 0.25) is 6.79 Å². The topological polar surface area (TPSA) is 81.8 Å². The molecule has 1 aliphatic heterocycles. The molecule has 1 aromatic carbocycles. The summed E-state index contributed by atoms with van der Waals surface area (Å²) in [5.41, 5.74) is 6.45. The molecule has 0 aliphatic carbocycles. The highest BCUT2D eigenvalue weighted by molar-refractivity contribution is 5.85. The number of fused-ring (bicyclic) bond motifs is 1. The monoisotopic (exact) mass is 245 g/mol. The first-order valence-electron chi connectivity index (χ1n) is 4.54. The third-order valence-corrected chi connectivity index (χ3v) is 2.22. The van der Waals surface area contributed by atoms with Crippen molar-refractivity contribution < 1.29 is 19.4 Å². The van der Waals surface area contributed by atoms with E-state index in [0.29, 0.717) is 11.5 Å². The van der Waals surface area contributed by atoms with Crippen LogP contribution in [0.2, 0.25) is 0 Å². The number of ether oxygens (including phenoxy) is 2. The molecule has 0 aromatic heterocycles. The van der Waals surface area contributed by atoms with Crippen LogP contribution in [0.3, 0.4) is 0 Å². The molecule has 1 heterocycles. The van der Waals surface area contributed by atoms with Crippen molar-refractivity contribution in [1.82, 2.24) is 0 Å². The highest BCUT2D eigenvalue weighted by Gasteiger charge is 2.17. The van der Waals surface area contributed by atoms with Gasteiger partial charge < -0.3 is 20.3 Å². The van der Waals surface area contributed by atoms with E-state index in [0.717, 1.165) is 5.56 Å². The van der Waals surface area contributed by atoms with Crippen LogP contribution in [0.5, 0.6) is 11.5 Å². The minimum Gasteiger partial charge on any atom is -0.481 e. The predicted octanol–water partition coefficient (Wildman–Crippen LogP) is 1.31. The van der Waals surface area contributed by atoms with Crippen LogP contribution in [-0.2, 0) is 4.79 Å². The van der Waals surface area contributed by atoms with E-state index in [2.05, 4.69) is 0 Å². The number of carboxylic acids is 1. The van der Waals surface area contributed by atoms with E-state index >= 15 is 0 Å². The fraction of sp³-hybridized carbons (Fsp3) is 0.300. The Morgan fingerprint density at radius 2 is 2.12 bits per heavy atom. The van der Waals surface area contributed by atoms with Crippen LogP contribution in [0, 0.1) is 0 Å². The second-order valence-corrected chi connectivity index (χ2v) is 3.32. The lowest BCUT2D eigenvalue weighted by Crippen LogP contribution is -2.14. The van der Waals surface area contributed by atoms with E-state index in [1.807, 2.05) is 0 Å². The van der Waals surface area contributed by atoms with Crippen molar-refractivity contribution in [2.75, 3.05) is 6.79 Å². The number of rotatable bonds is 3. The van der Waals surface area contributed by atoms with Gasteiger partial charge in [-0.1, -0.05) is 6.07 Å². The molecule has 1 unspecified atom stereocenters. The number of benzene rings is 1. The van der Waals surface area contributed by atoms with Gasteiger partial charge >= 0.3 is 5.97 Å². The lowest BCUT2D eigenvalue weighted by molar-refractivity contribution is -0.137. The summed E-state index contributed by atoms with van der Waals surface area (Å²) in [6, 6.07) is 4.69. The molecular weight excluding hydrogens is 234 g/mol. The van der Waals surface area contributed by atoms with Crippen molar-refractivity contribution >= 4 is 18.4 Å². The third-order valence-electron chi connectivity index (χ3n) is 2.22. The smallest absolute Gasteiger partial charge is 0.305 e. The summed E-state index contributed by atoms with van der Waals surface area (Å²) in [7, 11) is 0. The summed E-state index contributed by atoms with van der Waals surface area (Å²) in [5, 5.41) is 8.60. The highest BCUT2D eigenvalue weighted by Crippen LogP contribution is 2.34. The maximum atomic E-state index is 10.5. The molecule has 0 radical (unpaired) electrons. The molecule has 0 bridgehead atoms. The minimum atomic E-state index is -0.917. The van der Waals surface area contributed by atoms with Crippen LogP contribution in [0.1, 0.15) is 18.0 Å². The molecule has 2 rings (SSSR count). The van der Waals surface area contributed by atoms with Crippen LogP contribution in [0.15, 0.2) is 18.2 Å². The Kier molecular flexibility index (Phi) is 3.98. The quantitative estimate of drug-likeness (QED) is 0.839. The fourth-order valence-corrected chi connectivity index (χ4v) is 1.45. The first kappa shape index (κ1) is 12.6. The van der Waals surface area contributed by atoms with Gasteiger partial charge in [-0.05, 0) is 17.7 Å². The second kappa shape index (κ2) is 5.05.